The van der Waals surface area contributed by atoms with Crippen molar-refractivity contribution in [3.8, 4) is 55.6 Å². The Kier molecular flexibility index (Phi) is 31.6. The number of nitrogens with zero attached hydrogens (tertiary/aromatic N) is 20. The molecular formula is C108H125N25O10S5. The lowest BCUT2D eigenvalue weighted by atomic mass is 9.98. The van der Waals surface area contributed by atoms with Gasteiger partial charge in [-0.25, -0.2) is 59.3 Å². The molecule has 1 aliphatic carbocycles. The first-order chi connectivity index (χ1) is 71.9. The van der Waals surface area contributed by atoms with Crippen molar-refractivity contribution in [1.82, 2.24) is 121 Å². The molecule has 148 heavy (non-hydrogen) atoms. The molecule has 0 unspecified atom stereocenters. The zero-order chi connectivity index (χ0) is 102. The molecule has 8 aromatic carbocycles. The molecule has 1 saturated carbocycles. The highest BCUT2D eigenvalue weighted by molar-refractivity contribution is 7.90. The summed E-state index contributed by atoms with van der Waals surface area (Å²) in [4.78, 5) is 0.370. The second-order valence-corrected chi connectivity index (χ2v) is 50.0. The monoisotopic (exact) mass is 2090 g/mol. The molecule has 24 rings (SSSR count). The van der Waals surface area contributed by atoms with Gasteiger partial charge in [0.05, 0.1) is 117 Å². The molecule has 772 valence electrons. The summed E-state index contributed by atoms with van der Waals surface area (Å²) in [5, 5.41) is 62.6. The van der Waals surface area contributed by atoms with E-state index in [0.29, 0.717) is 106 Å². The van der Waals surface area contributed by atoms with Crippen LogP contribution in [0.3, 0.4) is 0 Å². The lowest BCUT2D eigenvalue weighted by Crippen LogP contribution is -2.44. The van der Waals surface area contributed by atoms with Crippen molar-refractivity contribution in [1.29, 1.82) is 0 Å². The molecule has 0 atom stereocenters. The van der Waals surface area contributed by atoms with Gasteiger partial charge in [0.15, 0.2) is 0 Å². The SMILES string of the molecule is CS(=O)(=O)N1CCC(Cn2ncc3cc(-c4cn[nH]c4)ccc32)CC1.O=S(=O)(C1CCCCC1)N1CCC(Cn2ncc3cc(-c4cn[nH]c4)ccc32)CC1.O=S(=O)(CCc1ccccc1)N1CCC(Cn2ncc3cc(-c4cn[nH]c4)ccc32)CC1.O=S(=O)(Cc1ccccc1)N1CCC(Cn2ncc3cc(-c4cn[nH]c4)ccc32)CC1.O=S(=O)(c1ccccc1)N1CCC(Cn2ncc3cc(-c4cn[nH]c4)ccc32)CC1. The van der Waals surface area contributed by atoms with E-state index in [9.17, 15) is 42.1 Å². The van der Waals surface area contributed by atoms with Crippen LogP contribution in [0, 0.1) is 29.6 Å². The Hall–Kier alpha value is -13.3. The van der Waals surface area contributed by atoms with Crippen LogP contribution in [0.2, 0.25) is 0 Å². The number of aryl methyl sites for hydroxylation is 1. The number of sulfonamides is 5. The lowest BCUT2D eigenvalue weighted by Gasteiger charge is -2.34. The number of rotatable bonds is 27. The van der Waals surface area contributed by atoms with Gasteiger partial charge >= 0.3 is 0 Å². The average molecular weight is 2090 g/mol. The van der Waals surface area contributed by atoms with Crippen LogP contribution < -0.4 is 0 Å². The maximum absolute atomic E-state index is 13.0. The second-order valence-electron chi connectivity index (χ2n) is 39.8. The first-order valence-corrected chi connectivity index (χ1v) is 59.2. The van der Waals surface area contributed by atoms with E-state index in [2.05, 4.69) is 177 Å². The van der Waals surface area contributed by atoms with Gasteiger partial charge in [-0.3, -0.25) is 48.9 Å². The molecule has 0 bridgehead atoms. The van der Waals surface area contributed by atoms with Crippen LogP contribution in [-0.2, 0) is 95.0 Å². The molecule has 0 radical (unpaired) electrons. The number of piperidine rings is 5. The minimum Gasteiger partial charge on any atom is -0.285 e. The molecule has 15 heterocycles. The number of H-pyrrole nitrogens is 5. The highest BCUT2D eigenvalue weighted by Gasteiger charge is 2.38. The summed E-state index contributed by atoms with van der Waals surface area (Å²) < 4.78 is 144. The third-order valence-corrected chi connectivity index (χ3v) is 39.4. The number of hydrogen-bond acceptors (Lipinski definition) is 20. The van der Waals surface area contributed by atoms with Gasteiger partial charge in [0.25, 0.3) is 0 Å². The molecule has 18 aromatic rings. The van der Waals surface area contributed by atoms with Crippen LogP contribution in [0.1, 0.15) is 107 Å². The fourth-order valence-corrected chi connectivity index (χ4v) is 28.9. The third-order valence-electron chi connectivity index (χ3n) is 30.0. The smallest absolute Gasteiger partial charge is 0.243 e. The van der Waals surface area contributed by atoms with E-state index in [1.54, 1.807) is 52.0 Å². The molecule has 0 amide bonds. The Balaban J connectivity index is 0.000000112. The summed E-state index contributed by atoms with van der Waals surface area (Å²) in [6, 6.07) is 59.5. The van der Waals surface area contributed by atoms with Gasteiger partial charge in [0, 0.05) is 184 Å². The third kappa shape index (κ3) is 24.5. The normalized spacial score (nSPS) is 17.1. The number of fused-ring (bicyclic) bond motifs is 5. The summed E-state index contributed by atoms with van der Waals surface area (Å²) in [7, 11) is -16.1. The van der Waals surface area contributed by atoms with Crippen molar-refractivity contribution in [2.24, 2.45) is 29.6 Å². The molecule has 0 spiro atoms. The average Bonchev–Trinajstić information content (AvgIpc) is 1.78. The van der Waals surface area contributed by atoms with Crippen molar-refractivity contribution >= 4 is 105 Å². The summed E-state index contributed by atoms with van der Waals surface area (Å²) in [5.41, 5.74) is 18.3. The Labute approximate surface area is 862 Å². The van der Waals surface area contributed by atoms with Gasteiger partial charge < -0.3 is 0 Å². The fourth-order valence-electron chi connectivity index (χ4n) is 21.4. The number of aromatic nitrogens is 20. The quantitative estimate of drug-likeness (QED) is 0.0319. The van der Waals surface area contributed by atoms with Gasteiger partial charge in [0.1, 0.15) is 0 Å². The van der Waals surface area contributed by atoms with Crippen LogP contribution in [0.4, 0.5) is 0 Å². The number of nitrogens with one attached hydrogen (secondary N) is 5. The lowest BCUT2D eigenvalue weighted by molar-refractivity contribution is 0.246. The van der Waals surface area contributed by atoms with E-state index in [1.165, 1.54) is 12.7 Å². The topological polar surface area (TPSA) is 419 Å². The van der Waals surface area contributed by atoms with Crippen molar-refractivity contribution in [3.05, 3.63) is 286 Å². The summed E-state index contributed by atoms with van der Waals surface area (Å²) in [6.07, 6.45) is 43.4. The molecule has 35 nitrogen and oxygen atoms in total. The van der Waals surface area contributed by atoms with Gasteiger partial charge in [0.2, 0.25) is 50.1 Å². The minimum atomic E-state index is -3.41. The molecule has 6 fully saturated rings. The molecular weight excluding hydrogens is 1970 g/mol. The van der Waals surface area contributed by atoms with Crippen LogP contribution in [0.5, 0.6) is 0 Å². The molecule has 40 heteroatoms. The second kappa shape index (κ2) is 45.8. The predicted octanol–water partition coefficient (Wildman–Crippen LogP) is 16.8. The zero-order valence-electron chi connectivity index (χ0n) is 82.8. The van der Waals surface area contributed by atoms with E-state index >= 15 is 0 Å². The van der Waals surface area contributed by atoms with Crippen LogP contribution >= 0.6 is 0 Å². The number of hydrogen-bond donors (Lipinski definition) is 5. The van der Waals surface area contributed by atoms with Gasteiger partial charge in [-0.05, 0) is 225 Å². The predicted molar refractivity (Wildman–Crippen MR) is 575 cm³/mol. The van der Waals surface area contributed by atoms with Crippen molar-refractivity contribution in [2.75, 3.05) is 77.5 Å². The van der Waals surface area contributed by atoms with Crippen molar-refractivity contribution in [2.45, 2.75) is 151 Å². The van der Waals surface area contributed by atoms with Gasteiger partial charge in [-0.1, -0.05) is 128 Å². The van der Waals surface area contributed by atoms with Gasteiger partial charge in [-0.2, -0.15) is 55.3 Å². The summed E-state index contributed by atoms with van der Waals surface area (Å²) in [5.74, 6) is 2.40. The maximum Gasteiger partial charge on any atom is 0.243 e. The number of aromatic amines is 5. The standard InChI is InChI=1S/C24H27N5O2S.C23H25N5O2S.C22H29N5O2S.C22H23N5O2S.C17H21N5O2S/c30-32(31,13-10-19-4-2-1-3-5-19)28-11-8-20(9-12-28)18-29-24-7-6-21(14-22(24)17-27-29)23-15-25-26-16-23;29-31(30,17-19-4-2-1-3-5-19)27-10-8-18(9-11-27)16-28-23-7-6-20(12-21(23)15-26-28)22-13-24-25-14-22;2*28-30(29,21-4-2-1-3-5-21)26-10-8-17(9-11-26)16-27-22-7-6-18(12-19(22)15-25-27)20-13-23-24-14-20;1-25(23,24)21-6-4-13(5-7-21)12-22-17-3-2-14(8-15(17)11-20-22)16-9-18-19-10-16/h1-7,14-17,20H,8-13,18H2,(H,25,26);1-7,12-15,18H,8-11,16-17H2,(H,24,25);6-7,12-15,17,21H,1-5,8-11,16H2,(H,23,24);1-7,12-15,17H,8-11,16H2,(H,23,24);2-3,8-11,13H,4-7,12H2,1H3,(H,18,19). The van der Waals surface area contributed by atoms with Crippen LogP contribution in [-0.4, -0.2) is 246 Å². The van der Waals surface area contributed by atoms with E-state index < -0.39 is 50.1 Å². The van der Waals surface area contributed by atoms with E-state index in [-0.39, 0.29) is 16.8 Å². The van der Waals surface area contributed by atoms with Crippen molar-refractivity contribution < 1.29 is 42.1 Å². The van der Waals surface area contributed by atoms with E-state index in [1.807, 2.05) is 168 Å². The van der Waals surface area contributed by atoms with E-state index in [4.69, 9.17) is 0 Å². The van der Waals surface area contributed by atoms with E-state index in [0.717, 1.165) is 244 Å². The largest absolute Gasteiger partial charge is 0.285 e. The molecule has 5 aliphatic heterocycles. The Bertz CT molecular complexity index is 8030. The zero-order valence-corrected chi connectivity index (χ0v) is 86.9. The number of benzene rings is 8. The Morgan fingerprint density at radius 3 is 0.851 bits per heavy atom. The molecule has 5 saturated heterocycles. The van der Waals surface area contributed by atoms with Gasteiger partial charge in [-0.15, -0.1) is 0 Å². The van der Waals surface area contributed by atoms with Crippen LogP contribution in [0.15, 0.2) is 280 Å². The Morgan fingerprint density at radius 2 is 0.554 bits per heavy atom. The Morgan fingerprint density at radius 1 is 0.277 bits per heavy atom. The maximum atomic E-state index is 13.0. The van der Waals surface area contributed by atoms with Crippen molar-refractivity contribution in [3.63, 3.8) is 0 Å². The fraction of sp³-hybridized carbons (Fsp3) is 0.370. The first kappa shape index (κ1) is 102. The molecule has 10 aromatic heterocycles. The summed E-state index contributed by atoms with van der Waals surface area (Å²) >= 11 is 0. The highest BCUT2D eigenvalue weighted by atomic mass is 32.2. The summed E-state index contributed by atoms with van der Waals surface area (Å²) in [6.45, 7) is 10.0. The first-order valence-electron chi connectivity index (χ1n) is 51.2. The minimum absolute atomic E-state index is 0.0707. The van der Waals surface area contributed by atoms with Crippen LogP contribution in [0.25, 0.3) is 110 Å². The molecule has 5 N–H and O–H groups in total. The highest BCUT2D eigenvalue weighted by Crippen LogP contribution is 2.37. The molecule has 6 aliphatic rings.